The van der Waals surface area contributed by atoms with Crippen molar-refractivity contribution >= 4 is 17.9 Å². The fourth-order valence-corrected chi connectivity index (χ4v) is 2.59. The van der Waals surface area contributed by atoms with Crippen molar-refractivity contribution in [2.75, 3.05) is 26.9 Å². The molecule has 0 aliphatic heterocycles. The van der Waals surface area contributed by atoms with Gasteiger partial charge in [-0.05, 0) is 36.3 Å². The third-order valence-electron chi connectivity index (χ3n) is 4.19. The Morgan fingerprint density at radius 1 is 1.13 bits per heavy atom. The number of carbonyl (C=O) groups is 2. The van der Waals surface area contributed by atoms with Crippen LogP contribution >= 0.6 is 0 Å². The SMILES string of the molecule is COCCNC(=O)/C(C#N)=C/c1ccc(OCC(=O)N[C@H](C)c2ccccc2)cc1. The first kappa shape index (κ1) is 22.7. The van der Waals surface area contributed by atoms with Gasteiger partial charge in [0, 0.05) is 13.7 Å². The molecule has 7 heteroatoms. The molecule has 30 heavy (non-hydrogen) atoms. The molecule has 0 bridgehead atoms. The van der Waals surface area contributed by atoms with Crippen LogP contribution < -0.4 is 15.4 Å². The Morgan fingerprint density at radius 2 is 1.83 bits per heavy atom. The van der Waals surface area contributed by atoms with Crippen molar-refractivity contribution in [3.63, 3.8) is 0 Å². The van der Waals surface area contributed by atoms with E-state index >= 15 is 0 Å². The molecular weight excluding hydrogens is 382 g/mol. The fourth-order valence-electron chi connectivity index (χ4n) is 2.59. The van der Waals surface area contributed by atoms with Crippen LogP contribution in [0, 0.1) is 11.3 Å². The van der Waals surface area contributed by atoms with Gasteiger partial charge in [0.25, 0.3) is 11.8 Å². The van der Waals surface area contributed by atoms with E-state index in [0.717, 1.165) is 5.56 Å². The van der Waals surface area contributed by atoms with Gasteiger partial charge in [-0.25, -0.2) is 0 Å². The molecule has 0 spiro atoms. The lowest BCUT2D eigenvalue weighted by Gasteiger charge is -2.14. The zero-order chi connectivity index (χ0) is 21.8. The molecule has 0 aliphatic rings. The van der Waals surface area contributed by atoms with Gasteiger partial charge in [-0.3, -0.25) is 9.59 Å². The molecule has 2 aromatic carbocycles. The van der Waals surface area contributed by atoms with E-state index in [1.807, 2.05) is 43.3 Å². The smallest absolute Gasteiger partial charge is 0.262 e. The molecule has 1 atom stereocenters. The van der Waals surface area contributed by atoms with Crippen LogP contribution in [0.4, 0.5) is 0 Å². The van der Waals surface area contributed by atoms with Crippen molar-refractivity contribution in [2.45, 2.75) is 13.0 Å². The van der Waals surface area contributed by atoms with Gasteiger partial charge in [0.05, 0.1) is 12.6 Å². The van der Waals surface area contributed by atoms with Crippen molar-refractivity contribution in [3.8, 4) is 11.8 Å². The standard InChI is InChI=1S/C23H25N3O4/c1-17(19-6-4-3-5-7-19)26-22(27)16-30-21-10-8-18(9-11-21)14-20(15-24)23(28)25-12-13-29-2/h3-11,14,17H,12-13,16H2,1-2H3,(H,25,28)(H,26,27)/b20-14+/t17-/m1/s1. The summed E-state index contributed by atoms with van der Waals surface area (Å²) in [5.74, 6) is -0.174. The van der Waals surface area contributed by atoms with Crippen LogP contribution in [0.25, 0.3) is 6.08 Å². The molecule has 0 aromatic heterocycles. The van der Waals surface area contributed by atoms with Crippen LogP contribution in [0.5, 0.6) is 5.75 Å². The second-order valence-electron chi connectivity index (χ2n) is 6.48. The summed E-state index contributed by atoms with van der Waals surface area (Å²) < 4.78 is 10.4. The molecule has 0 aliphatic carbocycles. The minimum atomic E-state index is -0.459. The first-order chi connectivity index (χ1) is 14.5. The molecule has 2 N–H and O–H groups in total. The maximum atomic E-state index is 12.1. The van der Waals surface area contributed by atoms with E-state index in [2.05, 4.69) is 10.6 Å². The number of nitriles is 1. The maximum absolute atomic E-state index is 12.1. The van der Waals surface area contributed by atoms with Gasteiger partial charge in [0.1, 0.15) is 17.4 Å². The molecule has 0 saturated heterocycles. The average Bonchev–Trinajstić information content (AvgIpc) is 2.77. The number of carbonyl (C=O) groups excluding carboxylic acids is 2. The predicted molar refractivity (Wildman–Crippen MR) is 113 cm³/mol. The van der Waals surface area contributed by atoms with E-state index in [-0.39, 0.29) is 24.1 Å². The number of rotatable bonds is 10. The number of benzene rings is 2. The molecule has 0 fully saturated rings. The fraction of sp³-hybridized carbons (Fsp3) is 0.261. The van der Waals surface area contributed by atoms with Gasteiger partial charge in [0.2, 0.25) is 0 Å². The lowest BCUT2D eigenvalue weighted by Crippen LogP contribution is -2.31. The number of ether oxygens (including phenoxy) is 2. The summed E-state index contributed by atoms with van der Waals surface area (Å²) in [6, 6.07) is 18.2. The third kappa shape index (κ3) is 7.41. The summed E-state index contributed by atoms with van der Waals surface area (Å²) in [6.45, 7) is 2.49. The molecule has 0 unspecified atom stereocenters. The van der Waals surface area contributed by atoms with Crippen molar-refractivity contribution < 1.29 is 19.1 Å². The summed E-state index contributed by atoms with van der Waals surface area (Å²) in [5, 5.41) is 14.7. The minimum absolute atomic E-state index is 0.00551. The summed E-state index contributed by atoms with van der Waals surface area (Å²) in [4.78, 5) is 24.1. The molecular formula is C23H25N3O4. The molecule has 2 rings (SSSR count). The molecule has 156 valence electrons. The molecule has 2 amide bonds. The Morgan fingerprint density at radius 3 is 2.47 bits per heavy atom. The van der Waals surface area contributed by atoms with Crippen LogP contribution in [0.15, 0.2) is 60.2 Å². The third-order valence-corrected chi connectivity index (χ3v) is 4.19. The van der Waals surface area contributed by atoms with Crippen LogP contribution in [-0.4, -0.2) is 38.7 Å². The topological polar surface area (TPSA) is 100 Å². The first-order valence-electron chi connectivity index (χ1n) is 9.49. The average molecular weight is 407 g/mol. The summed E-state index contributed by atoms with van der Waals surface area (Å²) in [5.41, 5.74) is 1.68. The van der Waals surface area contributed by atoms with Crippen molar-refractivity contribution in [1.29, 1.82) is 5.26 Å². The van der Waals surface area contributed by atoms with Crippen LogP contribution in [0.2, 0.25) is 0 Å². The Bertz CT molecular complexity index is 902. The molecule has 0 radical (unpaired) electrons. The monoisotopic (exact) mass is 407 g/mol. The lowest BCUT2D eigenvalue weighted by molar-refractivity contribution is -0.123. The summed E-state index contributed by atoms with van der Waals surface area (Å²) in [6.07, 6.45) is 1.49. The normalized spacial score (nSPS) is 11.8. The molecule has 0 saturated carbocycles. The van der Waals surface area contributed by atoms with Crippen LogP contribution in [0.1, 0.15) is 24.1 Å². The van der Waals surface area contributed by atoms with Gasteiger partial charge in [-0.2, -0.15) is 5.26 Å². The predicted octanol–water partition coefficient (Wildman–Crippen LogP) is 2.61. The quantitative estimate of drug-likeness (QED) is 0.358. The van der Waals surface area contributed by atoms with Gasteiger partial charge in [-0.1, -0.05) is 42.5 Å². The Kier molecular flexibility index (Phi) is 9.10. The number of amides is 2. The van der Waals surface area contributed by atoms with Gasteiger partial charge in [0.15, 0.2) is 6.61 Å². The second kappa shape index (κ2) is 12.0. The Hall–Kier alpha value is -3.63. The van der Waals surface area contributed by atoms with E-state index < -0.39 is 5.91 Å². The van der Waals surface area contributed by atoms with Gasteiger partial charge >= 0.3 is 0 Å². The van der Waals surface area contributed by atoms with Gasteiger partial charge in [-0.15, -0.1) is 0 Å². The maximum Gasteiger partial charge on any atom is 0.262 e. The van der Waals surface area contributed by atoms with Crippen molar-refractivity contribution in [1.82, 2.24) is 10.6 Å². The second-order valence-corrected chi connectivity index (χ2v) is 6.48. The molecule has 7 nitrogen and oxygen atoms in total. The van der Waals surface area contributed by atoms with E-state index in [0.29, 0.717) is 24.5 Å². The highest BCUT2D eigenvalue weighted by Gasteiger charge is 2.10. The van der Waals surface area contributed by atoms with Gasteiger partial charge < -0.3 is 20.1 Å². The highest BCUT2D eigenvalue weighted by molar-refractivity contribution is 6.01. The largest absolute Gasteiger partial charge is 0.484 e. The van der Waals surface area contributed by atoms with E-state index in [1.54, 1.807) is 24.3 Å². The number of nitrogens with zero attached hydrogens (tertiary/aromatic N) is 1. The lowest BCUT2D eigenvalue weighted by atomic mass is 10.1. The van der Waals surface area contributed by atoms with Crippen molar-refractivity contribution in [2.24, 2.45) is 0 Å². The van der Waals surface area contributed by atoms with Crippen molar-refractivity contribution in [3.05, 3.63) is 71.3 Å². The summed E-state index contributed by atoms with van der Waals surface area (Å²) >= 11 is 0. The molecule has 2 aromatic rings. The van der Waals surface area contributed by atoms with Crippen LogP contribution in [0.3, 0.4) is 0 Å². The number of nitrogens with one attached hydrogen (secondary N) is 2. The summed E-state index contributed by atoms with van der Waals surface area (Å²) in [7, 11) is 1.53. The zero-order valence-corrected chi connectivity index (χ0v) is 17.1. The van der Waals surface area contributed by atoms with E-state index in [9.17, 15) is 14.9 Å². The number of hydrogen-bond acceptors (Lipinski definition) is 5. The number of methoxy groups -OCH3 is 1. The Balaban J connectivity index is 1.87. The van der Waals surface area contributed by atoms with E-state index in [1.165, 1.54) is 13.2 Å². The zero-order valence-electron chi connectivity index (χ0n) is 17.1. The minimum Gasteiger partial charge on any atom is -0.484 e. The highest BCUT2D eigenvalue weighted by atomic mass is 16.5. The highest BCUT2D eigenvalue weighted by Crippen LogP contribution is 2.15. The Labute approximate surface area is 176 Å². The molecule has 0 heterocycles. The first-order valence-corrected chi connectivity index (χ1v) is 9.49. The van der Waals surface area contributed by atoms with Crippen LogP contribution in [-0.2, 0) is 14.3 Å². The number of hydrogen-bond donors (Lipinski definition) is 2. The van der Waals surface area contributed by atoms with E-state index in [4.69, 9.17) is 9.47 Å².